The number of rotatable bonds is 5. The van der Waals surface area contributed by atoms with Gasteiger partial charge >= 0.3 is 0 Å². The van der Waals surface area contributed by atoms with Gasteiger partial charge in [-0.1, -0.05) is 36.4 Å². The molecule has 1 aliphatic rings. The van der Waals surface area contributed by atoms with Gasteiger partial charge in [-0.3, -0.25) is 9.69 Å². The summed E-state index contributed by atoms with van der Waals surface area (Å²) in [7, 11) is 1.62. The van der Waals surface area contributed by atoms with Crippen molar-refractivity contribution in [1.82, 2.24) is 4.90 Å². The number of carbonyl (C=O) groups is 1. The van der Waals surface area contributed by atoms with Crippen molar-refractivity contribution in [3.05, 3.63) is 65.2 Å². The molecule has 1 aliphatic heterocycles. The number of ether oxygens (including phenoxy) is 1. The van der Waals surface area contributed by atoms with Crippen LogP contribution < -0.4 is 4.74 Å². The Balaban J connectivity index is 1.58. The third kappa shape index (κ3) is 3.37. The lowest BCUT2D eigenvalue weighted by molar-refractivity contribution is 0.0960. The smallest absolute Gasteiger partial charge is 0.164 e. The summed E-state index contributed by atoms with van der Waals surface area (Å²) in [5, 5.41) is 0. The molecule has 2 aromatic carbocycles. The van der Waals surface area contributed by atoms with E-state index in [1.165, 1.54) is 11.1 Å². The maximum absolute atomic E-state index is 12.3. The van der Waals surface area contributed by atoms with Gasteiger partial charge < -0.3 is 4.74 Å². The fraction of sp³-hybridized carbons (Fsp3) is 0.316. The third-order valence-electron chi connectivity index (χ3n) is 4.26. The zero-order valence-corrected chi connectivity index (χ0v) is 12.9. The molecule has 0 radical (unpaired) electrons. The Morgan fingerprint density at radius 1 is 1.14 bits per heavy atom. The Hall–Kier alpha value is -2.13. The summed E-state index contributed by atoms with van der Waals surface area (Å²) < 4.78 is 5.18. The number of fused-ring (bicyclic) bond motifs is 1. The SMILES string of the molecule is COc1cccc(C(=O)CCN2CCc3ccccc3C2)c1. The van der Waals surface area contributed by atoms with Crippen molar-refractivity contribution in [2.45, 2.75) is 19.4 Å². The van der Waals surface area contributed by atoms with Crippen molar-refractivity contribution in [3.63, 3.8) is 0 Å². The van der Waals surface area contributed by atoms with Crippen LogP contribution in [0.3, 0.4) is 0 Å². The number of nitrogens with zero attached hydrogens (tertiary/aromatic N) is 1. The number of ketones is 1. The molecule has 0 saturated heterocycles. The minimum absolute atomic E-state index is 0.178. The molecule has 0 aromatic heterocycles. The van der Waals surface area contributed by atoms with Gasteiger partial charge in [-0.25, -0.2) is 0 Å². The molecule has 0 amide bonds. The first kappa shape index (κ1) is 14.8. The van der Waals surface area contributed by atoms with Crippen LogP contribution in [-0.2, 0) is 13.0 Å². The molecule has 1 heterocycles. The van der Waals surface area contributed by atoms with Crippen LogP contribution in [0, 0.1) is 0 Å². The fourth-order valence-electron chi connectivity index (χ4n) is 2.95. The lowest BCUT2D eigenvalue weighted by Gasteiger charge is -2.28. The Kier molecular flexibility index (Phi) is 4.54. The van der Waals surface area contributed by atoms with Crippen LogP contribution >= 0.6 is 0 Å². The molecule has 0 bridgehead atoms. The van der Waals surface area contributed by atoms with Gasteiger partial charge in [-0.15, -0.1) is 0 Å². The maximum Gasteiger partial charge on any atom is 0.164 e. The van der Waals surface area contributed by atoms with Crippen LogP contribution in [0.2, 0.25) is 0 Å². The van der Waals surface area contributed by atoms with E-state index in [0.717, 1.165) is 37.4 Å². The van der Waals surface area contributed by atoms with Gasteiger partial charge in [0.05, 0.1) is 7.11 Å². The number of benzene rings is 2. The van der Waals surface area contributed by atoms with Crippen LogP contribution in [0.5, 0.6) is 5.75 Å². The van der Waals surface area contributed by atoms with Crippen molar-refractivity contribution in [1.29, 1.82) is 0 Å². The molecular formula is C19H21NO2. The normalized spacial score (nSPS) is 14.4. The molecule has 22 heavy (non-hydrogen) atoms. The highest BCUT2D eigenvalue weighted by molar-refractivity contribution is 5.96. The summed E-state index contributed by atoms with van der Waals surface area (Å²) in [5.74, 6) is 0.913. The zero-order chi connectivity index (χ0) is 15.4. The lowest BCUT2D eigenvalue weighted by atomic mass is 9.99. The summed E-state index contributed by atoms with van der Waals surface area (Å²) in [6.07, 6.45) is 1.62. The first-order valence-electron chi connectivity index (χ1n) is 7.72. The molecule has 0 aliphatic carbocycles. The number of methoxy groups -OCH3 is 1. The topological polar surface area (TPSA) is 29.5 Å². The van der Waals surface area contributed by atoms with Crippen LogP contribution in [0.1, 0.15) is 27.9 Å². The van der Waals surface area contributed by atoms with Crippen LogP contribution in [0.4, 0.5) is 0 Å². The Morgan fingerprint density at radius 3 is 2.77 bits per heavy atom. The van der Waals surface area contributed by atoms with E-state index in [-0.39, 0.29) is 5.78 Å². The summed E-state index contributed by atoms with van der Waals surface area (Å²) in [6.45, 7) is 2.79. The zero-order valence-electron chi connectivity index (χ0n) is 12.9. The molecular weight excluding hydrogens is 274 g/mol. The van der Waals surface area contributed by atoms with Gasteiger partial charge in [0.2, 0.25) is 0 Å². The van der Waals surface area contributed by atoms with E-state index in [0.29, 0.717) is 6.42 Å². The van der Waals surface area contributed by atoms with E-state index in [9.17, 15) is 4.79 Å². The van der Waals surface area contributed by atoms with E-state index in [1.807, 2.05) is 24.3 Å². The van der Waals surface area contributed by atoms with Crippen molar-refractivity contribution in [2.75, 3.05) is 20.2 Å². The van der Waals surface area contributed by atoms with Crippen LogP contribution in [0.25, 0.3) is 0 Å². The Labute approximate surface area is 131 Å². The highest BCUT2D eigenvalue weighted by Crippen LogP contribution is 2.19. The third-order valence-corrected chi connectivity index (χ3v) is 4.26. The van der Waals surface area contributed by atoms with E-state index in [2.05, 4.69) is 29.2 Å². The first-order chi connectivity index (χ1) is 10.8. The predicted molar refractivity (Wildman–Crippen MR) is 87.4 cm³/mol. The van der Waals surface area contributed by atoms with Crippen molar-refractivity contribution in [2.24, 2.45) is 0 Å². The average Bonchev–Trinajstić information content (AvgIpc) is 2.59. The standard InChI is InChI=1S/C19H21NO2/c1-22-18-8-4-7-16(13-18)19(21)10-12-20-11-9-15-5-2-3-6-17(15)14-20/h2-8,13H,9-12,14H2,1H3. The average molecular weight is 295 g/mol. The molecule has 0 spiro atoms. The van der Waals surface area contributed by atoms with E-state index in [4.69, 9.17) is 4.74 Å². The molecule has 0 fully saturated rings. The van der Waals surface area contributed by atoms with E-state index >= 15 is 0 Å². The minimum Gasteiger partial charge on any atom is -0.497 e. The molecule has 2 aromatic rings. The molecule has 3 heteroatoms. The molecule has 0 saturated carbocycles. The summed E-state index contributed by atoms with van der Waals surface area (Å²) >= 11 is 0. The quantitative estimate of drug-likeness (QED) is 0.792. The number of hydrogen-bond donors (Lipinski definition) is 0. The largest absolute Gasteiger partial charge is 0.497 e. The van der Waals surface area contributed by atoms with Crippen LogP contribution in [-0.4, -0.2) is 30.9 Å². The van der Waals surface area contributed by atoms with Crippen LogP contribution in [0.15, 0.2) is 48.5 Å². The lowest BCUT2D eigenvalue weighted by Crippen LogP contribution is -2.32. The summed E-state index contributed by atoms with van der Waals surface area (Å²) in [4.78, 5) is 14.7. The monoisotopic (exact) mass is 295 g/mol. The minimum atomic E-state index is 0.178. The summed E-state index contributed by atoms with van der Waals surface area (Å²) in [5.41, 5.74) is 3.57. The van der Waals surface area contributed by atoms with Crippen molar-refractivity contribution >= 4 is 5.78 Å². The van der Waals surface area contributed by atoms with Gasteiger partial charge in [0.1, 0.15) is 5.75 Å². The highest BCUT2D eigenvalue weighted by Gasteiger charge is 2.16. The number of Topliss-reactive ketones (excluding diaryl/α,β-unsaturated/α-hetero) is 1. The van der Waals surface area contributed by atoms with Gasteiger partial charge in [-0.05, 0) is 29.7 Å². The van der Waals surface area contributed by atoms with Crippen molar-refractivity contribution in [3.8, 4) is 5.75 Å². The maximum atomic E-state index is 12.3. The molecule has 3 nitrogen and oxygen atoms in total. The summed E-state index contributed by atoms with van der Waals surface area (Å²) in [6, 6.07) is 16.0. The Morgan fingerprint density at radius 2 is 1.95 bits per heavy atom. The molecule has 0 atom stereocenters. The van der Waals surface area contributed by atoms with Gasteiger partial charge in [0.15, 0.2) is 5.78 Å². The second-order valence-electron chi connectivity index (χ2n) is 5.70. The highest BCUT2D eigenvalue weighted by atomic mass is 16.5. The fourth-order valence-corrected chi connectivity index (χ4v) is 2.95. The number of carbonyl (C=O) groups excluding carboxylic acids is 1. The second kappa shape index (κ2) is 6.75. The molecule has 114 valence electrons. The van der Waals surface area contributed by atoms with E-state index in [1.54, 1.807) is 7.11 Å². The first-order valence-corrected chi connectivity index (χ1v) is 7.72. The second-order valence-corrected chi connectivity index (χ2v) is 5.70. The molecule has 3 rings (SSSR count). The van der Waals surface area contributed by atoms with Gasteiger partial charge in [0.25, 0.3) is 0 Å². The molecule has 0 N–H and O–H groups in total. The Bertz CT molecular complexity index is 666. The van der Waals surface area contributed by atoms with Gasteiger partial charge in [-0.2, -0.15) is 0 Å². The predicted octanol–water partition coefficient (Wildman–Crippen LogP) is 3.33. The van der Waals surface area contributed by atoms with E-state index < -0.39 is 0 Å². The van der Waals surface area contributed by atoms with Crippen molar-refractivity contribution < 1.29 is 9.53 Å². The van der Waals surface area contributed by atoms with Gasteiger partial charge in [0, 0.05) is 31.6 Å². The molecule has 0 unspecified atom stereocenters. The number of hydrogen-bond acceptors (Lipinski definition) is 3.